The Hall–Kier alpha value is -3.23. The average molecular weight is 435 g/mol. The molecule has 1 amide bonds. The van der Waals surface area contributed by atoms with Crippen LogP contribution in [0.25, 0.3) is 22.5 Å². The maximum Gasteiger partial charge on any atom is 0.267 e. The molecule has 1 N–H and O–H groups in total. The molecule has 0 fully saturated rings. The van der Waals surface area contributed by atoms with Crippen LogP contribution < -0.4 is 10.9 Å². The number of benzene rings is 2. The van der Waals surface area contributed by atoms with Gasteiger partial charge in [-0.25, -0.2) is 9.67 Å². The molecule has 0 unspecified atom stereocenters. The van der Waals surface area contributed by atoms with Crippen molar-refractivity contribution in [1.82, 2.24) is 14.8 Å². The van der Waals surface area contributed by atoms with E-state index in [0.717, 1.165) is 21.5 Å². The highest BCUT2D eigenvalue weighted by atomic mass is 32.2. The second kappa shape index (κ2) is 9.06. The number of nitrogens with zero attached hydrogens (tertiary/aromatic N) is 3. The predicted octanol–water partition coefficient (Wildman–Crippen LogP) is 4.39. The number of nitrogens with one attached hydrogen (secondary N) is 1. The summed E-state index contributed by atoms with van der Waals surface area (Å²) in [5.74, 6) is -0.353. The molecule has 0 saturated carbocycles. The molecule has 0 radical (unpaired) electrons. The van der Waals surface area contributed by atoms with E-state index >= 15 is 0 Å². The van der Waals surface area contributed by atoms with Crippen LogP contribution in [0.3, 0.4) is 0 Å². The first-order valence-corrected chi connectivity index (χ1v) is 11.3. The number of hydrogen-bond acceptors (Lipinski definition) is 6. The molecule has 0 aliphatic rings. The van der Waals surface area contributed by atoms with E-state index in [4.69, 9.17) is 0 Å². The highest BCUT2D eigenvalue weighted by Crippen LogP contribution is 2.26. The number of thioether (sulfide) groups is 1. The zero-order chi connectivity index (χ0) is 20.9. The van der Waals surface area contributed by atoms with Crippen LogP contribution in [-0.4, -0.2) is 26.9 Å². The van der Waals surface area contributed by atoms with Gasteiger partial charge >= 0.3 is 0 Å². The number of rotatable bonds is 6. The molecule has 2 heterocycles. The van der Waals surface area contributed by atoms with E-state index in [9.17, 15) is 9.59 Å². The van der Waals surface area contributed by atoms with Crippen molar-refractivity contribution in [3.05, 3.63) is 82.5 Å². The minimum Gasteiger partial charge on any atom is -0.300 e. The summed E-state index contributed by atoms with van der Waals surface area (Å²) in [5.41, 5.74) is 2.96. The highest BCUT2D eigenvalue weighted by Gasteiger charge is 2.11. The minimum absolute atomic E-state index is 0.184. The Morgan fingerprint density at radius 2 is 1.73 bits per heavy atom. The van der Waals surface area contributed by atoms with Crippen molar-refractivity contribution in [1.29, 1.82) is 0 Å². The summed E-state index contributed by atoms with van der Waals surface area (Å²) in [4.78, 5) is 30.3. The Kier molecular flexibility index (Phi) is 6.06. The van der Waals surface area contributed by atoms with Gasteiger partial charge in [-0.1, -0.05) is 42.5 Å². The molecule has 0 aliphatic heterocycles. The second-order valence-corrected chi connectivity index (χ2v) is 8.13. The Morgan fingerprint density at radius 1 is 1.00 bits per heavy atom. The van der Waals surface area contributed by atoms with Crippen molar-refractivity contribution < 1.29 is 4.79 Å². The normalized spacial score (nSPS) is 10.7. The fourth-order valence-corrected chi connectivity index (χ4v) is 3.99. The van der Waals surface area contributed by atoms with Crippen LogP contribution in [0.5, 0.6) is 0 Å². The number of anilines is 1. The summed E-state index contributed by atoms with van der Waals surface area (Å²) >= 11 is 3.02. The van der Waals surface area contributed by atoms with Gasteiger partial charge in [0.15, 0.2) is 5.13 Å². The topological polar surface area (TPSA) is 76.9 Å². The predicted molar refractivity (Wildman–Crippen MR) is 122 cm³/mol. The molecule has 0 atom stereocenters. The molecule has 8 heteroatoms. The lowest BCUT2D eigenvalue weighted by Crippen LogP contribution is -2.29. The molecule has 2 aromatic heterocycles. The van der Waals surface area contributed by atoms with E-state index in [1.165, 1.54) is 22.3 Å². The van der Waals surface area contributed by atoms with Gasteiger partial charge < -0.3 is 5.32 Å². The fourth-order valence-electron chi connectivity index (χ4n) is 2.85. The molecule has 2 aromatic carbocycles. The van der Waals surface area contributed by atoms with Crippen molar-refractivity contribution in [3.63, 3.8) is 0 Å². The minimum atomic E-state index is -0.353. The lowest BCUT2D eigenvalue weighted by Gasteiger charge is -2.07. The van der Waals surface area contributed by atoms with Crippen molar-refractivity contribution in [2.75, 3.05) is 11.6 Å². The van der Waals surface area contributed by atoms with Gasteiger partial charge in [-0.2, -0.15) is 5.10 Å². The third-order valence-corrected chi connectivity index (χ3v) is 5.87. The van der Waals surface area contributed by atoms with Gasteiger partial charge in [-0.15, -0.1) is 23.1 Å². The van der Waals surface area contributed by atoms with Crippen LogP contribution in [0.4, 0.5) is 5.13 Å². The lowest BCUT2D eigenvalue weighted by atomic mass is 10.1. The molecule has 6 nitrogen and oxygen atoms in total. The number of aromatic nitrogens is 3. The summed E-state index contributed by atoms with van der Waals surface area (Å²) in [6, 6.07) is 20.7. The first-order chi connectivity index (χ1) is 14.6. The van der Waals surface area contributed by atoms with E-state index < -0.39 is 0 Å². The van der Waals surface area contributed by atoms with Gasteiger partial charge in [0.05, 0.1) is 11.4 Å². The van der Waals surface area contributed by atoms with Crippen molar-refractivity contribution in [2.24, 2.45) is 0 Å². The Morgan fingerprint density at radius 3 is 2.47 bits per heavy atom. The summed E-state index contributed by atoms with van der Waals surface area (Å²) in [6.45, 7) is -0.184. The molecule has 0 bridgehead atoms. The summed E-state index contributed by atoms with van der Waals surface area (Å²) in [7, 11) is 0. The maximum atomic E-state index is 12.5. The van der Waals surface area contributed by atoms with Crippen LogP contribution in [0, 0.1) is 0 Å². The zero-order valence-electron chi connectivity index (χ0n) is 16.1. The quantitative estimate of drug-likeness (QED) is 0.455. The largest absolute Gasteiger partial charge is 0.300 e. The van der Waals surface area contributed by atoms with E-state index in [2.05, 4.69) is 15.4 Å². The smallest absolute Gasteiger partial charge is 0.267 e. The van der Waals surface area contributed by atoms with E-state index in [0.29, 0.717) is 10.8 Å². The number of hydrogen-bond donors (Lipinski definition) is 1. The van der Waals surface area contributed by atoms with E-state index in [-0.39, 0.29) is 18.0 Å². The van der Waals surface area contributed by atoms with E-state index in [1.54, 1.807) is 17.8 Å². The molecule has 4 rings (SSSR count). The first kappa shape index (κ1) is 20.1. The number of carbonyl (C=O) groups is 1. The molecular weight excluding hydrogens is 416 g/mol. The molecule has 0 aliphatic carbocycles. The van der Waals surface area contributed by atoms with Crippen LogP contribution in [0.15, 0.2) is 81.8 Å². The Bertz CT molecular complexity index is 1220. The molecule has 0 saturated heterocycles. The lowest BCUT2D eigenvalue weighted by molar-refractivity contribution is -0.117. The fraction of sp³-hybridized carbons (Fsp3) is 0.0909. The molecule has 150 valence electrons. The van der Waals surface area contributed by atoms with Gasteiger partial charge in [0.25, 0.3) is 5.56 Å². The van der Waals surface area contributed by atoms with Gasteiger partial charge in [0.2, 0.25) is 5.91 Å². The summed E-state index contributed by atoms with van der Waals surface area (Å²) in [5, 5.41) is 9.45. The first-order valence-electron chi connectivity index (χ1n) is 9.16. The highest BCUT2D eigenvalue weighted by molar-refractivity contribution is 7.98. The summed E-state index contributed by atoms with van der Waals surface area (Å²) in [6.07, 6.45) is 2.03. The second-order valence-electron chi connectivity index (χ2n) is 6.40. The van der Waals surface area contributed by atoms with Crippen molar-refractivity contribution in [2.45, 2.75) is 11.4 Å². The van der Waals surface area contributed by atoms with Crippen molar-refractivity contribution in [3.8, 4) is 22.5 Å². The standard InChI is InChI=1S/C22H18N4O2S2/c1-29-17-9-7-16(8-10-17)19-14-30-22(23-19)24-20(27)13-26-21(28)12-11-18(25-26)15-5-3-2-4-6-15/h2-12,14H,13H2,1H3,(H,23,24,27). The number of amides is 1. The van der Waals surface area contributed by atoms with Crippen molar-refractivity contribution >= 4 is 34.1 Å². The SMILES string of the molecule is CSc1ccc(-c2csc(NC(=O)Cn3nc(-c4ccccc4)ccc3=O)n2)cc1. The van der Waals surface area contributed by atoms with Crippen LogP contribution in [-0.2, 0) is 11.3 Å². The van der Waals surface area contributed by atoms with Gasteiger partial charge in [-0.05, 0) is 24.5 Å². The third kappa shape index (κ3) is 4.67. The molecular formula is C22H18N4O2S2. The molecule has 4 aromatic rings. The maximum absolute atomic E-state index is 12.5. The van der Waals surface area contributed by atoms with Gasteiger partial charge in [0.1, 0.15) is 6.54 Å². The van der Waals surface area contributed by atoms with Crippen LogP contribution >= 0.6 is 23.1 Å². The number of thiazole rings is 1. The van der Waals surface area contributed by atoms with E-state index in [1.807, 2.05) is 66.2 Å². The van der Waals surface area contributed by atoms with Gasteiger partial charge in [0, 0.05) is 27.5 Å². The average Bonchev–Trinajstić information content (AvgIpc) is 3.24. The Labute approximate surface area is 181 Å². The molecule has 0 spiro atoms. The van der Waals surface area contributed by atoms with Gasteiger partial charge in [-0.3, -0.25) is 9.59 Å². The molecule has 30 heavy (non-hydrogen) atoms. The third-order valence-electron chi connectivity index (χ3n) is 4.37. The van der Waals surface area contributed by atoms with Crippen LogP contribution in [0.2, 0.25) is 0 Å². The zero-order valence-corrected chi connectivity index (χ0v) is 17.7. The Balaban J connectivity index is 1.46. The number of carbonyl (C=O) groups excluding carboxylic acids is 1. The summed E-state index contributed by atoms with van der Waals surface area (Å²) < 4.78 is 1.16. The van der Waals surface area contributed by atoms with Crippen LogP contribution in [0.1, 0.15) is 0 Å². The monoisotopic (exact) mass is 434 g/mol.